The van der Waals surface area contributed by atoms with Gasteiger partial charge in [-0.15, -0.1) is 0 Å². The molecule has 0 amide bonds. The maximum absolute atomic E-state index is 12.5. The highest BCUT2D eigenvalue weighted by Gasteiger charge is 2.37. The minimum atomic E-state index is -3.56. The molecule has 1 heterocycles. The molecule has 0 aromatic heterocycles. The standard InChI is InChI=1S/C14H16Cl2O4S/c1-9(21(18,19)11-4-6-20-7-5-11)14(17)12-3-2-10(15)8-13(12)16/h2-3,8-9,11H,4-7H2,1H3. The van der Waals surface area contributed by atoms with Gasteiger partial charge < -0.3 is 4.74 Å². The predicted molar refractivity (Wildman–Crippen MR) is 83.0 cm³/mol. The van der Waals surface area contributed by atoms with Crippen molar-refractivity contribution in [1.82, 2.24) is 0 Å². The third-order valence-corrected chi connectivity index (χ3v) is 6.84. The summed E-state index contributed by atoms with van der Waals surface area (Å²) in [4.78, 5) is 12.4. The van der Waals surface area contributed by atoms with Gasteiger partial charge in [0.2, 0.25) is 0 Å². The molecule has 1 atom stereocenters. The molecule has 7 heteroatoms. The highest BCUT2D eigenvalue weighted by molar-refractivity contribution is 7.93. The van der Waals surface area contributed by atoms with Crippen LogP contribution in [-0.2, 0) is 14.6 Å². The molecule has 1 fully saturated rings. The number of hydrogen-bond acceptors (Lipinski definition) is 4. The van der Waals surface area contributed by atoms with E-state index in [1.807, 2.05) is 0 Å². The van der Waals surface area contributed by atoms with Crippen molar-refractivity contribution in [1.29, 1.82) is 0 Å². The Morgan fingerprint density at radius 3 is 2.48 bits per heavy atom. The molecule has 116 valence electrons. The van der Waals surface area contributed by atoms with Crippen LogP contribution in [0.3, 0.4) is 0 Å². The Labute approximate surface area is 134 Å². The van der Waals surface area contributed by atoms with Gasteiger partial charge in [0.25, 0.3) is 0 Å². The highest BCUT2D eigenvalue weighted by atomic mass is 35.5. The first-order chi connectivity index (χ1) is 9.84. The number of halogens is 2. The molecule has 1 aliphatic rings. The number of sulfone groups is 1. The third kappa shape index (κ3) is 3.59. The zero-order valence-electron chi connectivity index (χ0n) is 11.5. The molecule has 4 nitrogen and oxygen atoms in total. The predicted octanol–water partition coefficient (Wildman–Crippen LogP) is 3.16. The van der Waals surface area contributed by atoms with Crippen LogP contribution in [0.5, 0.6) is 0 Å². The molecule has 1 unspecified atom stereocenters. The van der Waals surface area contributed by atoms with Crippen LogP contribution in [0.4, 0.5) is 0 Å². The normalized spacial score (nSPS) is 18.4. The SMILES string of the molecule is CC(C(=O)c1ccc(Cl)cc1Cl)S(=O)(=O)C1CCOCC1. The Bertz CT molecular complexity index is 636. The second kappa shape index (κ2) is 6.65. The molecule has 0 radical (unpaired) electrons. The fourth-order valence-electron chi connectivity index (χ4n) is 2.35. The van der Waals surface area contributed by atoms with E-state index in [2.05, 4.69) is 0 Å². The summed E-state index contributed by atoms with van der Waals surface area (Å²) >= 11 is 11.8. The van der Waals surface area contributed by atoms with Crippen molar-refractivity contribution in [2.24, 2.45) is 0 Å². The summed E-state index contributed by atoms with van der Waals surface area (Å²) in [7, 11) is -3.56. The van der Waals surface area contributed by atoms with Gasteiger partial charge in [-0.25, -0.2) is 8.42 Å². The summed E-state index contributed by atoms with van der Waals surface area (Å²) in [5.74, 6) is -0.497. The van der Waals surface area contributed by atoms with Crippen molar-refractivity contribution in [3.8, 4) is 0 Å². The molecule has 0 aliphatic carbocycles. The molecule has 2 rings (SSSR count). The second-order valence-corrected chi connectivity index (χ2v) is 8.43. The average molecular weight is 351 g/mol. The van der Waals surface area contributed by atoms with Crippen LogP contribution in [0.15, 0.2) is 18.2 Å². The fraction of sp³-hybridized carbons (Fsp3) is 0.500. The summed E-state index contributed by atoms with van der Waals surface area (Å²) in [6.07, 6.45) is 0.850. The Morgan fingerprint density at radius 1 is 1.29 bits per heavy atom. The zero-order valence-corrected chi connectivity index (χ0v) is 13.8. The number of rotatable bonds is 4. The number of hydrogen-bond donors (Lipinski definition) is 0. The Balaban J connectivity index is 2.25. The topological polar surface area (TPSA) is 60.4 Å². The Morgan fingerprint density at radius 2 is 1.90 bits per heavy atom. The van der Waals surface area contributed by atoms with E-state index in [0.29, 0.717) is 31.1 Å². The van der Waals surface area contributed by atoms with Crippen molar-refractivity contribution in [3.05, 3.63) is 33.8 Å². The van der Waals surface area contributed by atoms with E-state index in [4.69, 9.17) is 27.9 Å². The van der Waals surface area contributed by atoms with Gasteiger partial charge in [0.15, 0.2) is 15.6 Å². The van der Waals surface area contributed by atoms with Gasteiger partial charge in [0, 0.05) is 23.8 Å². The molecule has 0 bridgehead atoms. The van der Waals surface area contributed by atoms with Gasteiger partial charge >= 0.3 is 0 Å². The molecule has 0 spiro atoms. The number of ketones is 1. The molecule has 1 saturated heterocycles. The van der Waals surface area contributed by atoms with Crippen molar-refractivity contribution >= 4 is 38.8 Å². The van der Waals surface area contributed by atoms with Gasteiger partial charge in [0.05, 0.1) is 10.3 Å². The molecule has 0 saturated carbocycles. The molecule has 0 N–H and O–H groups in total. The van der Waals surface area contributed by atoms with Crippen LogP contribution in [0.1, 0.15) is 30.1 Å². The van der Waals surface area contributed by atoms with Crippen LogP contribution in [0.25, 0.3) is 0 Å². The minimum Gasteiger partial charge on any atom is -0.381 e. The van der Waals surface area contributed by atoms with Crippen LogP contribution in [0, 0.1) is 0 Å². The quantitative estimate of drug-likeness (QED) is 0.782. The van der Waals surface area contributed by atoms with Crippen LogP contribution in [0.2, 0.25) is 10.0 Å². The number of benzene rings is 1. The van der Waals surface area contributed by atoms with E-state index >= 15 is 0 Å². The maximum atomic E-state index is 12.5. The number of carbonyl (C=O) groups excluding carboxylic acids is 1. The number of ether oxygens (including phenoxy) is 1. The van der Waals surface area contributed by atoms with Gasteiger partial charge in [-0.1, -0.05) is 23.2 Å². The summed E-state index contributed by atoms with van der Waals surface area (Å²) in [6.45, 7) is 2.23. The van der Waals surface area contributed by atoms with Crippen LogP contribution < -0.4 is 0 Å². The van der Waals surface area contributed by atoms with Crippen LogP contribution in [-0.4, -0.2) is 37.9 Å². The Kier molecular flexibility index (Phi) is 5.30. The van der Waals surface area contributed by atoms with Crippen LogP contribution >= 0.6 is 23.2 Å². The second-order valence-electron chi connectivity index (χ2n) is 5.03. The lowest BCUT2D eigenvalue weighted by Gasteiger charge is -2.25. The lowest BCUT2D eigenvalue weighted by Crippen LogP contribution is -2.38. The van der Waals surface area contributed by atoms with Gasteiger partial charge in [-0.3, -0.25) is 4.79 Å². The summed E-state index contributed by atoms with van der Waals surface area (Å²) in [5, 5.41) is -1.09. The minimum absolute atomic E-state index is 0.168. The van der Waals surface area contributed by atoms with E-state index in [1.54, 1.807) is 0 Å². The average Bonchev–Trinajstić information content (AvgIpc) is 2.46. The number of carbonyl (C=O) groups is 1. The maximum Gasteiger partial charge on any atom is 0.182 e. The van der Waals surface area contributed by atoms with E-state index in [0.717, 1.165) is 0 Å². The molecule has 21 heavy (non-hydrogen) atoms. The molecule has 1 aromatic rings. The van der Waals surface area contributed by atoms with Crippen molar-refractivity contribution in [2.75, 3.05) is 13.2 Å². The fourth-order valence-corrected chi connectivity index (χ4v) is 4.70. The lowest BCUT2D eigenvalue weighted by atomic mass is 10.1. The van der Waals surface area contributed by atoms with Gasteiger partial charge in [0.1, 0.15) is 5.25 Å². The summed E-state index contributed by atoms with van der Waals surface area (Å²) in [6, 6.07) is 4.42. The Hall–Kier alpha value is -0.620. The summed E-state index contributed by atoms with van der Waals surface area (Å²) < 4.78 is 30.2. The highest BCUT2D eigenvalue weighted by Crippen LogP contribution is 2.26. The number of Topliss-reactive ketones (excluding diaryl/α,β-unsaturated/α-hetero) is 1. The lowest BCUT2D eigenvalue weighted by molar-refractivity contribution is 0.0957. The monoisotopic (exact) mass is 350 g/mol. The first-order valence-electron chi connectivity index (χ1n) is 6.63. The molecule has 1 aromatic carbocycles. The van der Waals surface area contributed by atoms with E-state index in [9.17, 15) is 13.2 Å². The van der Waals surface area contributed by atoms with E-state index < -0.39 is 26.1 Å². The zero-order chi connectivity index (χ0) is 15.6. The molecular formula is C14H16Cl2O4S. The van der Waals surface area contributed by atoms with Crippen molar-refractivity contribution in [3.63, 3.8) is 0 Å². The van der Waals surface area contributed by atoms with Crippen molar-refractivity contribution < 1.29 is 17.9 Å². The first-order valence-corrected chi connectivity index (χ1v) is 9.00. The summed E-state index contributed by atoms with van der Waals surface area (Å²) in [5.41, 5.74) is 0.184. The molecule has 1 aliphatic heterocycles. The largest absolute Gasteiger partial charge is 0.381 e. The first kappa shape index (κ1) is 16.7. The van der Waals surface area contributed by atoms with Gasteiger partial charge in [-0.05, 0) is 38.0 Å². The molecular weight excluding hydrogens is 335 g/mol. The van der Waals surface area contributed by atoms with Crippen molar-refractivity contribution in [2.45, 2.75) is 30.3 Å². The van der Waals surface area contributed by atoms with Gasteiger partial charge in [-0.2, -0.15) is 0 Å². The van der Waals surface area contributed by atoms with E-state index in [1.165, 1.54) is 25.1 Å². The third-order valence-electron chi connectivity index (χ3n) is 3.69. The van der Waals surface area contributed by atoms with E-state index in [-0.39, 0.29) is 10.6 Å². The smallest absolute Gasteiger partial charge is 0.182 e.